The predicted molar refractivity (Wildman–Crippen MR) is 139 cm³/mol. The summed E-state index contributed by atoms with van der Waals surface area (Å²) < 4.78 is 34.7. The van der Waals surface area contributed by atoms with E-state index in [2.05, 4.69) is 15.5 Å². The molecule has 0 fully saturated rings. The topological polar surface area (TPSA) is 101 Å². The van der Waals surface area contributed by atoms with Crippen LogP contribution in [0.25, 0.3) is 0 Å². The second-order valence-corrected chi connectivity index (χ2v) is 11.3. The number of hydrogen-bond acceptors (Lipinski definition) is 8. The van der Waals surface area contributed by atoms with Gasteiger partial charge in [-0.2, -0.15) is 0 Å². The van der Waals surface area contributed by atoms with Gasteiger partial charge in [0.1, 0.15) is 18.0 Å². The van der Waals surface area contributed by atoms with Crippen molar-refractivity contribution in [3.05, 3.63) is 84.4 Å². The van der Waals surface area contributed by atoms with E-state index in [0.29, 0.717) is 26.7 Å². The molecule has 0 unspecified atom stereocenters. The van der Waals surface area contributed by atoms with Gasteiger partial charge in [-0.05, 0) is 61.7 Å². The fourth-order valence-corrected chi connectivity index (χ4v) is 5.70. The third-order valence-electron chi connectivity index (χ3n) is 4.83. The van der Waals surface area contributed by atoms with Crippen molar-refractivity contribution in [3.8, 4) is 11.5 Å². The Morgan fingerprint density at radius 2 is 1.63 bits per heavy atom. The van der Waals surface area contributed by atoms with Crippen molar-refractivity contribution in [2.24, 2.45) is 0 Å². The molecule has 0 aliphatic heterocycles. The molecular formula is C24H22N4O4S3. The molecule has 0 saturated heterocycles. The van der Waals surface area contributed by atoms with Crippen LogP contribution in [-0.2, 0) is 14.8 Å². The Hall–Kier alpha value is -3.41. The van der Waals surface area contributed by atoms with Gasteiger partial charge >= 0.3 is 0 Å². The minimum atomic E-state index is -4.03. The first-order valence-electron chi connectivity index (χ1n) is 10.4. The zero-order valence-electron chi connectivity index (χ0n) is 18.9. The minimum absolute atomic E-state index is 0.0843. The molecule has 1 aromatic heterocycles. The standard InChI is InChI=1S/C24H22N4O4S3/c1-17-8-14-21(15-9-17)35(30,31)28(16-22(29)25-23-26-27-24(33-2)34-23)18-10-12-20(13-11-18)32-19-6-4-3-5-7-19/h3-15H,16H2,1-2H3,(H,25,26,29). The first-order valence-corrected chi connectivity index (χ1v) is 13.9. The molecule has 180 valence electrons. The van der Waals surface area contributed by atoms with Crippen LogP contribution in [0.15, 0.2) is 88.1 Å². The number of anilines is 2. The van der Waals surface area contributed by atoms with Gasteiger partial charge in [-0.15, -0.1) is 10.2 Å². The number of carbonyl (C=O) groups is 1. The molecule has 0 aliphatic carbocycles. The molecule has 4 rings (SSSR count). The van der Waals surface area contributed by atoms with Crippen LogP contribution in [0.4, 0.5) is 10.8 Å². The summed E-state index contributed by atoms with van der Waals surface area (Å²) in [5.74, 6) is 0.662. The molecule has 35 heavy (non-hydrogen) atoms. The fraction of sp³-hybridized carbons (Fsp3) is 0.125. The van der Waals surface area contributed by atoms with Crippen molar-refractivity contribution in [1.29, 1.82) is 0 Å². The Bertz CT molecular complexity index is 1390. The highest BCUT2D eigenvalue weighted by molar-refractivity contribution is 8.00. The van der Waals surface area contributed by atoms with E-state index in [-0.39, 0.29) is 4.90 Å². The quantitative estimate of drug-likeness (QED) is 0.236. The minimum Gasteiger partial charge on any atom is -0.457 e. The third-order valence-corrected chi connectivity index (χ3v) is 8.43. The maximum atomic E-state index is 13.5. The van der Waals surface area contributed by atoms with E-state index >= 15 is 0 Å². The molecule has 0 bridgehead atoms. The third kappa shape index (κ3) is 6.18. The second-order valence-electron chi connectivity index (χ2n) is 7.36. The molecule has 0 radical (unpaired) electrons. The number of ether oxygens (including phenoxy) is 1. The summed E-state index contributed by atoms with van der Waals surface area (Å²) >= 11 is 2.62. The predicted octanol–water partition coefficient (Wildman–Crippen LogP) is 5.19. The normalized spacial score (nSPS) is 11.1. The molecule has 1 heterocycles. The molecule has 0 atom stereocenters. The van der Waals surface area contributed by atoms with E-state index in [9.17, 15) is 13.2 Å². The Labute approximate surface area is 212 Å². The van der Waals surface area contributed by atoms with E-state index in [1.54, 1.807) is 36.4 Å². The van der Waals surface area contributed by atoms with Crippen molar-refractivity contribution < 1.29 is 17.9 Å². The van der Waals surface area contributed by atoms with E-state index in [1.807, 2.05) is 43.5 Å². The van der Waals surface area contributed by atoms with Crippen LogP contribution in [0.2, 0.25) is 0 Å². The second kappa shape index (κ2) is 10.9. The number of aryl methyl sites for hydroxylation is 1. The van der Waals surface area contributed by atoms with Gasteiger partial charge in [0.2, 0.25) is 11.0 Å². The SMILES string of the molecule is CSc1nnc(NC(=O)CN(c2ccc(Oc3ccccc3)cc2)S(=O)(=O)c2ccc(C)cc2)s1. The summed E-state index contributed by atoms with van der Waals surface area (Å²) in [7, 11) is -4.03. The highest BCUT2D eigenvalue weighted by atomic mass is 32.2. The van der Waals surface area contributed by atoms with E-state index < -0.39 is 22.5 Å². The molecule has 3 aromatic carbocycles. The number of amides is 1. The van der Waals surface area contributed by atoms with Gasteiger partial charge in [-0.3, -0.25) is 14.4 Å². The van der Waals surface area contributed by atoms with Gasteiger partial charge in [0.25, 0.3) is 10.0 Å². The number of hydrogen-bond donors (Lipinski definition) is 1. The lowest BCUT2D eigenvalue weighted by molar-refractivity contribution is -0.114. The first kappa shape index (κ1) is 24.7. The molecule has 0 saturated carbocycles. The number of thioether (sulfide) groups is 1. The number of para-hydroxylation sites is 1. The molecule has 4 aromatic rings. The summed E-state index contributed by atoms with van der Waals surface area (Å²) in [6.07, 6.45) is 1.85. The Morgan fingerprint density at radius 1 is 0.971 bits per heavy atom. The van der Waals surface area contributed by atoms with Crippen molar-refractivity contribution in [2.45, 2.75) is 16.2 Å². The van der Waals surface area contributed by atoms with Crippen LogP contribution >= 0.6 is 23.1 Å². The highest BCUT2D eigenvalue weighted by Gasteiger charge is 2.27. The summed E-state index contributed by atoms with van der Waals surface area (Å²) in [6, 6.07) is 22.3. The summed E-state index contributed by atoms with van der Waals surface area (Å²) in [4.78, 5) is 12.9. The molecule has 11 heteroatoms. The molecular weight excluding hydrogens is 504 g/mol. The molecule has 0 aliphatic rings. The lowest BCUT2D eigenvalue weighted by Gasteiger charge is -2.24. The van der Waals surface area contributed by atoms with Gasteiger partial charge in [-0.1, -0.05) is 59.0 Å². The van der Waals surface area contributed by atoms with Crippen LogP contribution < -0.4 is 14.4 Å². The number of aromatic nitrogens is 2. The van der Waals surface area contributed by atoms with Gasteiger partial charge in [0, 0.05) is 0 Å². The lowest BCUT2D eigenvalue weighted by Crippen LogP contribution is -2.38. The largest absolute Gasteiger partial charge is 0.457 e. The number of sulfonamides is 1. The van der Waals surface area contributed by atoms with E-state index in [1.165, 1.54) is 35.2 Å². The van der Waals surface area contributed by atoms with Crippen molar-refractivity contribution in [1.82, 2.24) is 10.2 Å². The smallest absolute Gasteiger partial charge is 0.264 e. The molecule has 1 N–H and O–H groups in total. The summed E-state index contributed by atoms with van der Waals surface area (Å²) in [5.41, 5.74) is 1.25. The van der Waals surface area contributed by atoms with Crippen LogP contribution in [0.3, 0.4) is 0 Å². The van der Waals surface area contributed by atoms with E-state index in [4.69, 9.17) is 4.74 Å². The first-order chi connectivity index (χ1) is 16.8. The van der Waals surface area contributed by atoms with Crippen molar-refractivity contribution >= 4 is 49.8 Å². The average Bonchev–Trinajstić information content (AvgIpc) is 3.31. The van der Waals surface area contributed by atoms with Gasteiger partial charge in [0.05, 0.1) is 10.6 Å². The Morgan fingerprint density at radius 3 is 2.26 bits per heavy atom. The zero-order valence-corrected chi connectivity index (χ0v) is 21.4. The summed E-state index contributed by atoms with van der Waals surface area (Å²) in [6.45, 7) is 1.43. The number of nitrogens with one attached hydrogen (secondary N) is 1. The Kier molecular flexibility index (Phi) is 7.69. The summed E-state index contributed by atoms with van der Waals surface area (Å²) in [5, 5.41) is 10.8. The van der Waals surface area contributed by atoms with Crippen molar-refractivity contribution in [3.63, 3.8) is 0 Å². The average molecular weight is 527 g/mol. The van der Waals surface area contributed by atoms with Crippen LogP contribution in [0, 0.1) is 6.92 Å². The molecule has 1 amide bonds. The zero-order chi connectivity index (χ0) is 24.8. The highest BCUT2D eigenvalue weighted by Crippen LogP contribution is 2.29. The molecule has 8 nitrogen and oxygen atoms in total. The monoisotopic (exact) mass is 526 g/mol. The number of nitrogens with zero attached hydrogens (tertiary/aromatic N) is 3. The lowest BCUT2D eigenvalue weighted by atomic mass is 10.2. The molecule has 0 spiro atoms. The van der Waals surface area contributed by atoms with Gasteiger partial charge in [0.15, 0.2) is 4.34 Å². The number of rotatable bonds is 9. The van der Waals surface area contributed by atoms with Crippen LogP contribution in [0.1, 0.15) is 5.56 Å². The van der Waals surface area contributed by atoms with Crippen molar-refractivity contribution in [2.75, 3.05) is 22.4 Å². The van der Waals surface area contributed by atoms with Crippen LogP contribution in [-0.4, -0.2) is 37.3 Å². The van der Waals surface area contributed by atoms with Gasteiger partial charge < -0.3 is 4.74 Å². The van der Waals surface area contributed by atoms with E-state index in [0.717, 1.165) is 9.87 Å². The maximum absolute atomic E-state index is 13.5. The fourth-order valence-electron chi connectivity index (χ4n) is 3.09. The van der Waals surface area contributed by atoms with Crippen LogP contribution in [0.5, 0.6) is 11.5 Å². The number of benzene rings is 3. The Balaban J connectivity index is 1.61. The van der Waals surface area contributed by atoms with Gasteiger partial charge in [-0.25, -0.2) is 8.42 Å². The maximum Gasteiger partial charge on any atom is 0.264 e. The number of carbonyl (C=O) groups excluding carboxylic acids is 1.